The fourth-order valence-electron chi connectivity index (χ4n) is 2.63. The Labute approximate surface area is 157 Å². The molecule has 0 radical (unpaired) electrons. The molecule has 1 atom stereocenters. The van der Waals surface area contributed by atoms with Crippen LogP contribution in [0.1, 0.15) is 19.0 Å². The Balaban J connectivity index is 1.59. The summed E-state index contributed by atoms with van der Waals surface area (Å²) in [5.74, 6) is -0.142. The van der Waals surface area contributed by atoms with Gasteiger partial charge in [-0.25, -0.2) is 0 Å². The molecule has 3 N–H and O–H groups in total. The van der Waals surface area contributed by atoms with E-state index in [0.717, 1.165) is 11.3 Å². The third-order valence-electron chi connectivity index (χ3n) is 4.04. The Morgan fingerprint density at radius 2 is 1.89 bits per heavy atom. The quantitative estimate of drug-likeness (QED) is 0.601. The summed E-state index contributed by atoms with van der Waals surface area (Å²) in [6.45, 7) is 1.84. The highest BCUT2D eigenvalue weighted by molar-refractivity contribution is 5.97. The molecule has 0 saturated heterocycles. The number of hydrogen-bond acceptors (Lipinski definition) is 4. The van der Waals surface area contributed by atoms with Gasteiger partial charge in [0.25, 0.3) is 0 Å². The van der Waals surface area contributed by atoms with E-state index in [2.05, 4.69) is 25.8 Å². The van der Waals surface area contributed by atoms with Gasteiger partial charge in [0.05, 0.1) is 12.1 Å². The number of pyridine rings is 1. The molecule has 0 aliphatic carbocycles. The van der Waals surface area contributed by atoms with Crippen LogP contribution in [0.25, 0.3) is 11.3 Å². The number of hydrogen-bond donors (Lipinski definition) is 3. The van der Waals surface area contributed by atoms with Crippen molar-refractivity contribution in [3.63, 3.8) is 0 Å². The first-order valence-corrected chi connectivity index (χ1v) is 8.76. The average Bonchev–Trinajstić information content (AvgIpc) is 3.16. The number of benzene rings is 1. The average molecular weight is 363 g/mol. The predicted octanol–water partition coefficient (Wildman–Crippen LogP) is 2.55. The zero-order valence-electron chi connectivity index (χ0n) is 15.0. The number of H-pyrrole nitrogens is 1. The van der Waals surface area contributed by atoms with Crippen molar-refractivity contribution in [2.45, 2.75) is 25.8 Å². The Kier molecular flexibility index (Phi) is 5.94. The van der Waals surface area contributed by atoms with Crippen molar-refractivity contribution in [3.05, 3.63) is 66.5 Å². The van der Waals surface area contributed by atoms with Crippen molar-refractivity contribution in [1.82, 2.24) is 20.5 Å². The molecule has 0 aliphatic rings. The molecule has 3 rings (SSSR count). The number of nitrogens with zero attached hydrogens (tertiary/aromatic N) is 2. The molecule has 1 aromatic carbocycles. The van der Waals surface area contributed by atoms with E-state index in [0.29, 0.717) is 17.9 Å². The van der Waals surface area contributed by atoms with Gasteiger partial charge in [0, 0.05) is 18.0 Å². The van der Waals surface area contributed by atoms with Crippen LogP contribution in [0.2, 0.25) is 0 Å². The van der Waals surface area contributed by atoms with Gasteiger partial charge in [-0.3, -0.25) is 19.7 Å². The van der Waals surface area contributed by atoms with E-state index >= 15 is 0 Å². The zero-order valence-corrected chi connectivity index (χ0v) is 15.0. The molecule has 27 heavy (non-hydrogen) atoms. The highest BCUT2D eigenvalue weighted by atomic mass is 16.2. The number of aromatic nitrogens is 3. The molecule has 0 fully saturated rings. The second-order valence-corrected chi connectivity index (χ2v) is 6.05. The van der Waals surface area contributed by atoms with Crippen LogP contribution in [0.15, 0.2) is 60.8 Å². The van der Waals surface area contributed by atoms with E-state index in [1.165, 1.54) is 0 Å². The van der Waals surface area contributed by atoms with Crippen molar-refractivity contribution >= 4 is 17.6 Å². The van der Waals surface area contributed by atoms with Gasteiger partial charge < -0.3 is 10.6 Å². The topological polar surface area (TPSA) is 99.8 Å². The van der Waals surface area contributed by atoms with Gasteiger partial charge >= 0.3 is 0 Å². The highest BCUT2D eigenvalue weighted by Gasteiger charge is 2.20. The number of carbonyl (C=O) groups excluding carboxylic acids is 2. The van der Waals surface area contributed by atoms with Crippen molar-refractivity contribution in [2.75, 3.05) is 5.32 Å². The second-order valence-electron chi connectivity index (χ2n) is 6.05. The lowest BCUT2D eigenvalue weighted by atomic mass is 10.1. The van der Waals surface area contributed by atoms with E-state index in [9.17, 15) is 9.59 Å². The first-order valence-electron chi connectivity index (χ1n) is 8.76. The number of aromatic amines is 1. The van der Waals surface area contributed by atoms with E-state index < -0.39 is 6.04 Å². The van der Waals surface area contributed by atoms with Crippen LogP contribution in [-0.4, -0.2) is 33.0 Å². The molecule has 0 aliphatic heterocycles. The standard InChI is InChI=1S/C20H21N5O2/c1-2-16(22-19(26)12-15-10-6-7-11-21-15)20(27)23-18-13-17(24-25-18)14-8-4-3-5-9-14/h3-11,13,16H,2,12H2,1H3,(H,22,26)(H2,23,24,25,27). The lowest BCUT2D eigenvalue weighted by Gasteiger charge is -2.15. The molecule has 0 bridgehead atoms. The maximum absolute atomic E-state index is 12.5. The van der Waals surface area contributed by atoms with Gasteiger partial charge in [0.15, 0.2) is 5.82 Å². The number of rotatable bonds is 7. The largest absolute Gasteiger partial charge is 0.344 e. The molecular formula is C20H21N5O2. The molecule has 1 unspecified atom stereocenters. The van der Waals surface area contributed by atoms with Crippen LogP contribution in [0.4, 0.5) is 5.82 Å². The van der Waals surface area contributed by atoms with Crippen LogP contribution >= 0.6 is 0 Å². The van der Waals surface area contributed by atoms with Crippen LogP contribution < -0.4 is 10.6 Å². The molecule has 3 aromatic rings. The SMILES string of the molecule is CCC(NC(=O)Cc1ccccn1)C(=O)Nc1cc(-c2ccccc2)[nH]n1. The van der Waals surface area contributed by atoms with Crippen LogP contribution in [0.5, 0.6) is 0 Å². The fourth-order valence-corrected chi connectivity index (χ4v) is 2.63. The van der Waals surface area contributed by atoms with Crippen LogP contribution in [0.3, 0.4) is 0 Å². The first kappa shape index (κ1) is 18.3. The molecule has 0 saturated carbocycles. The summed E-state index contributed by atoms with van der Waals surface area (Å²) in [7, 11) is 0. The van der Waals surface area contributed by atoms with Gasteiger partial charge in [-0.05, 0) is 24.1 Å². The zero-order chi connectivity index (χ0) is 19.1. The van der Waals surface area contributed by atoms with Gasteiger partial charge in [-0.1, -0.05) is 43.3 Å². The Morgan fingerprint density at radius 1 is 1.11 bits per heavy atom. The molecule has 7 nitrogen and oxygen atoms in total. The first-order chi connectivity index (χ1) is 13.2. The summed E-state index contributed by atoms with van der Waals surface area (Å²) >= 11 is 0. The molecule has 2 amide bonds. The molecule has 0 spiro atoms. The highest BCUT2D eigenvalue weighted by Crippen LogP contribution is 2.19. The van der Waals surface area contributed by atoms with E-state index in [1.54, 1.807) is 24.4 Å². The summed E-state index contributed by atoms with van der Waals surface area (Å²) in [5, 5.41) is 12.5. The van der Waals surface area contributed by atoms with Gasteiger partial charge in [-0.15, -0.1) is 0 Å². The summed E-state index contributed by atoms with van der Waals surface area (Å²) < 4.78 is 0. The minimum atomic E-state index is -0.641. The lowest BCUT2D eigenvalue weighted by molar-refractivity contribution is -0.126. The Morgan fingerprint density at radius 3 is 2.59 bits per heavy atom. The van der Waals surface area contributed by atoms with Gasteiger partial charge in [0.1, 0.15) is 6.04 Å². The fraction of sp³-hybridized carbons (Fsp3) is 0.200. The third kappa shape index (κ3) is 5.01. The van der Waals surface area contributed by atoms with Gasteiger partial charge in [-0.2, -0.15) is 5.10 Å². The van der Waals surface area contributed by atoms with Crippen molar-refractivity contribution in [2.24, 2.45) is 0 Å². The minimum absolute atomic E-state index is 0.130. The number of nitrogens with one attached hydrogen (secondary N) is 3. The number of amides is 2. The van der Waals surface area contributed by atoms with Crippen molar-refractivity contribution < 1.29 is 9.59 Å². The Bertz CT molecular complexity index is 893. The summed E-state index contributed by atoms with van der Waals surface area (Å²) in [6.07, 6.45) is 2.23. The predicted molar refractivity (Wildman–Crippen MR) is 103 cm³/mol. The monoisotopic (exact) mass is 363 g/mol. The molecule has 138 valence electrons. The van der Waals surface area contributed by atoms with Crippen LogP contribution in [-0.2, 0) is 16.0 Å². The van der Waals surface area contributed by atoms with Gasteiger partial charge in [0.2, 0.25) is 11.8 Å². The summed E-state index contributed by atoms with van der Waals surface area (Å²) in [4.78, 5) is 28.8. The number of anilines is 1. The van der Waals surface area contributed by atoms with Crippen LogP contribution in [0, 0.1) is 0 Å². The maximum Gasteiger partial charge on any atom is 0.248 e. The number of carbonyl (C=O) groups is 2. The van der Waals surface area contributed by atoms with Crippen molar-refractivity contribution in [3.8, 4) is 11.3 Å². The van der Waals surface area contributed by atoms with E-state index in [1.807, 2.05) is 43.3 Å². The Hall–Kier alpha value is -3.48. The normalized spacial score (nSPS) is 11.6. The summed E-state index contributed by atoms with van der Waals surface area (Å²) in [5.41, 5.74) is 2.43. The minimum Gasteiger partial charge on any atom is -0.344 e. The summed E-state index contributed by atoms with van der Waals surface area (Å²) in [6, 6.07) is 16.2. The third-order valence-corrected chi connectivity index (χ3v) is 4.04. The molecule has 2 heterocycles. The lowest BCUT2D eigenvalue weighted by Crippen LogP contribution is -2.44. The smallest absolute Gasteiger partial charge is 0.248 e. The molecule has 7 heteroatoms. The van der Waals surface area contributed by atoms with E-state index in [4.69, 9.17) is 0 Å². The molecule has 2 aromatic heterocycles. The second kappa shape index (κ2) is 8.75. The maximum atomic E-state index is 12.5. The van der Waals surface area contributed by atoms with E-state index in [-0.39, 0.29) is 18.2 Å². The van der Waals surface area contributed by atoms with Crippen molar-refractivity contribution in [1.29, 1.82) is 0 Å². The molecular weight excluding hydrogens is 342 g/mol.